The van der Waals surface area contributed by atoms with Crippen LogP contribution in [0.3, 0.4) is 0 Å². The monoisotopic (exact) mass is 399 g/mol. The Hall–Kier alpha value is -2.76. The van der Waals surface area contributed by atoms with Gasteiger partial charge in [-0.3, -0.25) is 15.2 Å². The average molecular weight is 400 g/mol. The highest BCUT2D eigenvalue weighted by atomic mass is 79.9. The van der Waals surface area contributed by atoms with Gasteiger partial charge in [0.2, 0.25) is 0 Å². The Morgan fingerprint density at radius 1 is 1.38 bits per heavy atom. The van der Waals surface area contributed by atoms with Crippen LogP contribution in [-0.2, 0) is 4.79 Å². The summed E-state index contributed by atoms with van der Waals surface area (Å²) >= 11 is 4.67. The van der Waals surface area contributed by atoms with Crippen molar-refractivity contribution >= 4 is 44.4 Å². The number of nitrogens with one attached hydrogen (secondary N) is 2. The van der Waals surface area contributed by atoms with Crippen LogP contribution in [0.1, 0.15) is 5.56 Å². The Morgan fingerprint density at radius 2 is 2.17 bits per heavy atom. The standard InChI is InChI=1S/C16H10BrN5OS/c17-13-3-1-10(2-4-13)14-12(9-20-22-14)7-11(8-18)15(23)21-16-19-5-6-24-16/h1-7,9H,(H,20,22)(H,19,21,23). The number of rotatable bonds is 4. The highest BCUT2D eigenvalue weighted by molar-refractivity contribution is 9.10. The molecule has 3 aromatic rings. The van der Waals surface area contributed by atoms with Crippen LogP contribution in [-0.4, -0.2) is 21.1 Å². The largest absolute Gasteiger partial charge is 0.297 e. The molecule has 2 N–H and O–H groups in total. The van der Waals surface area contributed by atoms with E-state index in [1.165, 1.54) is 17.4 Å². The van der Waals surface area contributed by atoms with Gasteiger partial charge in [0.25, 0.3) is 5.91 Å². The minimum atomic E-state index is -0.504. The molecule has 0 saturated heterocycles. The molecule has 0 aliphatic heterocycles. The number of thiazole rings is 1. The van der Waals surface area contributed by atoms with E-state index in [0.717, 1.165) is 15.7 Å². The van der Waals surface area contributed by atoms with Crippen LogP contribution in [0.4, 0.5) is 5.13 Å². The molecule has 6 nitrogen and oxygen atoms in total. The highest BCUT2D eigenvalue weighted by Crippen LogP contribution is 2.25. The summed E-state index contributed by atoms with van der Waals surface area (Å²) in [7, 11) is 0. The number of hydrogen-bond acceptors (Lipinski definition) is 5. The zero-order chi connectivity index (χ0) is 16.9. The van der Waals surface area contributed by atoms with Gasteiger partial charge >= 0.3 is 0 Å². The van der Waals surface area contributed by atoms with E-state index in [0.29, 0.717) is 10.7 Å². The molecule has 0 aliphatic carbocycles. The Labute approximate surface area is 150 Å². The number of H-pyrrole nitrogens is 1. The van der Waals surface area contributed by atoms with E-state index in [9.17, 15) is 10.1 Å². The maximum Gasteiger partial charge on any atom is 0.268 e. The molecule has 0 bridgehead atoms. The number of benzene rings is 1. The second-order valence-corrected chi connectivity index (χ2v) is 6.48. The van der Waals surface area contributed by atoms with Crippen molar-refractivity contribution in [3.8, 4) is 17.3 Å². The van der Waals surface area contributed by atoms with E-state index >= 15 is 0 Å². The van der Waals surface area contributed by atoms with Crippen molar-refractivity contribution in [1.29, 1.82) is 5.26 Å². The summed E-state index contributed by atoms with van der Waals surface area (Å²) in [5, 5.41) is 21.0. The number of carbonyl (C=O) groups excluding carboxylic acids is 1. The van der Waals surface area contributed by atoms with Crippen molar-refractivity contribution in [3.05, 3.63) is 57.6 Å². The number of nitrogens with zero attached hydrogens (tertiary/aromatic N) is 3. The van der Waals surface area contributed by atoms with Gasteiger partial charge in [0, 0.05) is 27.2 Å². The SMILES string of the molecule is N#CC(=Cc1cn[nH]c1-c1ccc(Br)cc1)C(=O)Nc1nccs1. The lowest BCUT2D eigenvalue weighted by atomic mass is 10.1. The predicted octanol–water partition coefficient (Wildman–Crippen LogP) is 3.84. The molecule has 0 fully saturated rings. The van der Waals surface area contributed by atoms with Crippen molar-refractivity contribution in [1.82, 2.24) is 15.2 Å². The van der Waals surface area contributed by atoms with Crippen LogP contribution in [0.15, 0.2) is 52.1 Å². The first-order valence-corrected chi connectivity index (χ1v) is 8.46. The topological polar surface area (TPSA) is 94.5 Å². The molecule has 24 heavy (non-hydrogen) atoms. The maximum absolute atomic E-state index is 12.2. The van der Waals surface area contributed by atoms with Gasteiger partial charge in [-0.1, -0.05) is 28.1 Å². The number of aromatic amines is 1. The number of amides is 1. The van der Waals surface area contributed by atoms with Crippen LogP contribution < -0.4 is 5.32 Å². The van der Waals surface area contributed by atoms with Gasteiger partial charge < -0.3 is 0 Å². The molecule has 0 spiro atoms. The van der Waals surface area contributed by atoms with Crippen molar-refractivity contribution < 1.29 is 4.79 Å². The van der Waals surface area contributed by atoms with Crippen LogP contribution in [0.2, 0.25) is 0 Å². The Bertz CT molecular complexity index is 922. The lowest BCUT2D eigenvalue weighted by Crippen LogP contribution is -2.13. The third kappa shape index (κ3) is 3.59. The number of nitriles is 1. The van der Waals surface area contributed by atoms with Crippen molar-refractivity contribution in [2.45, 2.75) is 0 Å². The summed E-state index contributed by atoms with van der Waals surface area (Å²) in [6, 6.07) is 9.56. The minimum absolute atomic E-state index is 0.0232. The molecule has 0 aliphatic rings. The first-order chi connectivity index (χ1) is 11.7. The van der Waals surface area contributed by atoms with Crippen LogP contribution in [0, 0.1) is 11.3 Å². The Kier molecular flexibility index (Phi) is 4.84. The number of anilines is 1. The molecule has 0 saturated carbocycles. The molecule has 0 atom stereocenters. The third-order valence-corrected chi connectivity index (χ3v) is 4.34. The van der Waals surface area contributed by atoms with Crippen LogP contribution in [0.25, 0.3) is 17.3 Å². The van der Waals surface area contributed by atoms with Gasteiger partial charge in [-0.15, -0.1) is 11.3 Å². The second kappa shape index (κ2) is 7.21. The second-order valence-electron chi connectivity index (χ2n) is 4.67. The van der Waals surface area contributed by atoms with Crippen molar-refractivity contribution in [2.24, 2.45) is 0 Å². The summed E-state index contributed by atoms with van der Waals surface area (Å²) in [6.07, 6.45) is 4.66. The average Bonchev–Trinajstić information content (AvgIpc) is 3.25. The summed E-state index contributed by atoms with van der Waals surface area (Å²) in [5.74, 6) is -0.504. The molecule has 118 valence electrons. The molecule has 0 radical (unpaired) electrons. The predicted molar refractivity (Wildman–Crippen MR) is 96.1 cm³/mol. The normalized spacial score (nSPS) is 11.1. The molecule has 2 heterocycles. The van der Waals surface area contributed by atoms with Gasteiger partial charge in [-0.25, -0.2) is 4.98 Å². The van der Waals surface area contributed by atoms with E-state index in [1.54, 1.807) is 17.8 Å². The third-order valence-electron chi connectivity index (χ3n) is 3.12. The Morgan fingerprint density at radius 3 is 2.83 bits per heavy atom. The molecular formula is C16H10BrN5OS. The number of carbonyl (C=O) groups is 1. The van der Waals surface area contributed by atoms with E-state index in [-0.39, 0.29) is 5.57 Å². The fraction of sp³-hybridized carbons (Fsp3) is 0. The van der Waals surface area contributed by atoms with E-state index in [2.05, 4.69) is 36.4 Å². The maximum atomic E-state index is 12.2. The fourth-order valence-electron chi connectivity index (χ4n) is 2.01. The first kappa shape index (κ1) is 16.1. The summed E-state index contributed by atoms with van der Waals surface area (Å²) in [6.45, 7) is 0. The molecule has 1 aromatic carbocycles. The quantitative estimate of drug-likeness (QED) is 0.514. The lowest BCUT2D eigenvalue weighted by molar-refractivity contribution is -0.112. The smallest absolute Gasteiger partial charge is 0.268 e. The van der Waals surface area contributed by atoms with Gasteiger partial charge in [0.1, 0.15) is 11.6 Å². The van der Waals surface area contributed by atoms with Gasteiger partial charge in [0.15, 0.2) is 5.13 Å². The van der Waals surface area contributed by atoms with Gasteiger partial charge in [0.05, 0.1) is 11.9 Å². The minimum Gasteiger partial charge on any atom is -0.297 e. The van der Waals surface area contributed by atoms with E-state index in [4.69, 9.17) is 0 Å². The number of halogens is 1. The number of aromatic nitrogens is 3. The summed E-state index contributed by atoms with van der Waals surface area (Å²) < 4.78 is 0.961. The van der Waals surface area contributed by atoms with Crippen molar-refractivity contribution in [2.75, 3.05) is 5.32 Å². The fourth-order valence-corrected chi connectivity index (χ4v) is 2.79. The van der Waals surface area contributed by atoms with Crippen LogP contribution >= 0.6 is 27.3 Å². The van der Waals surface area contributed by atoms with E-state index < -0.39 is 5.91 Å². The Balaban J connectivity index is 1.89. The van der Waals surface area contributed by atoms with Gasteiger partial charge in [-0.2, -0.15) is 10.4 Å². The molecule has 2 aromatic heterocycles. The lowest BCUT2D eigenvalue weighted by Gasteiger charge is -2.02. The molecule has 8 heteroatoms. The van der Waals surface area contributed by atoms with Gasteiger partial charge in [-0.05, 0) is 18.2 Å². The molecule has 1 amide bonds. The zero-order valence-corrected chi connectivity index (χ0v) is 14.6. The van der Waals surface area contributed by atoms with E-state index in [1.807, 2.05) is 30.3 Å². The number of hydrogen-bond donors (Lipinski definition) is 2. The summed E-state index contributed by atoms with van der Waals surface area (Å²) in [5.41, 5.74) is 2.27. The summed E-state index contributed by atoms with van der Waals surface area (Å²) in [4.78, 5) is 16.2. The molecular weight excluding hydrogens is 390 g/mol. The molecule has 3 rings (SSSR count). The van der Waals surface area contributed by atoms with Crippen LogP contribution in [0.5, 0.6) is 0 Å². The molecule has 0 unspecified atom stereocenters. The zero-order valence-electron chi connectivity index (χ0n) is 12.2. The first-order valence-electron chi connectivity index (χ1n) is 6.79. The highest BCUT2D eigenvalue weighted by Gasteiger charge is 2.13. The van der Waals surface area contributed by atoms with Crippen molar-refractivity contribution in [3.63, 3.8) is 0 Å².